The fraction of sp³-hybridized carbons (Fsp3) is 0.176. The minimum atomic E-state index is 0.622. The number of hydrogen-bond donors (Lipinski definition) is 0. The van der Waals surface area contributed by atoms with Gasteiger partial charge in [-0.2, -0.15) is 0 Å². The van der Waals surface area contributed by atoms with Gasteiger partial charge in [0, 0.05) is 16.8 Å². The average molecular weight is 287 g/mol. The molecule has 3 rings (SSSR count). The molecule has 0 amide bonds. The Kier molecular flexibility index (Phi) is 3.93. The van der Waals surface area contributed by atoms with Crippen LogP contribution >= 0.6 is 11.6 Å². The van der Waals surface area contributed by atoms with E-state index in [4.69, 9.17) is 20.8 Å². The first-order chi connectivity index (χ1) is 9.86. The second kappa shape index (κ2) is 6.02. The van der Waals surface area contributed by atoms with Crippen LogP contribution in [0.4, 0.5) is 0 Å². The maximum Gasteiger partial charge on any atom is 0.135 e. The quantitative estimate of drug-likeness (QED) is 0.480. The number of rotatable bonds is 5. The van der Waals surface area contributed by atoms with Crippen LogP contribution in [0.3, 0.4) is 0 Å². The summed E-state index contributed by atoms with van der Waals surface area (Å²) in [7, 11) is 0. The van der Waals surface area contributed by atoms with Crippen molar-refractivity contribution in [2.24, 2.45) is 0 Å². The zero-order chi connectivity index (χ0) is 13.8. The van der Waals surface area contributed by atoms with Crippen molar-refractivity contribution in [3.05, 3.63) is 54.6 Å². The van der Waals surface area contributed by atoms with Gasteiger partial charge in [0.1, 0.15) is 17.1 Å². The first-order valence-electron chi connectivity index (χ1n) is 6.64. The maximum absolute atomic E-state index is 5.83. The molecule has 1 heterocycles. The van der Waals surface area contributed by atoms with Crippen LogP contribution in [0, 0.1) is 0 Å². The molecule has 0 spiro atoms. The van der Waals surface area contributed by atoms with Crippen molar-refractivity contribution in [2.45, 2.75) is 6.42 Å². The molecule has 0 atom stereocenters. The summed E-state index contributed by atoms with van der Waals surface area (Å²) in [5.74, 6) is 2.35. The molecule has 0 saturated carbocycles. The van der Waals surface area contributed by atoms with Gasteiger partial charge in [-0.1, -0.05) is 18.2 Å². The van der Waals surface area contributed by atoms with Crippen LogP contribution in [-0.4, -0.2) is 12.5 Å². The molecule has 0 aliphatic carbocycles. The molecular weight excluding hydrogens is 272 g/mol. The van der Waals surface area contributed by atoms with E-state index < -0.39 is 0 Å². The van der Waals surface area contributed by atoms with Gasteiger partial charge in [-0.15, -0.1) is 11.6 Å². The number of benzene rings is 2. The summed E-state index contributed by atoms with van der Waals surface area (Å²) in [6, 6.07) is 18.0. The Hall–Kier alpha value is -1.93. The molecular formula is C17H15ClO2. The van der Waals surface area contributed by atoms with Gasteiger partial charge in [-0.05, 0) is 42.8 Å². The highest BCUT2D eigenvalue weighted by Crippen LogP contribution is 2.28. The first kappa shape index (κ1) is 13.1. The maximum atomic E-state index is 5.83. The topological polar surface area (TPSA) is 22.4 Å². The van der Waals surface area contributed by atoms with E-state index in [9.17, 15) is 0 Å². The molecule has 20 heavy (non-hydrogen) atoms. The van der Waals surface area contributed by atoms with E-state index in [0.717, 1.165) is 34.5 Å². The van der Waals surface area contributed by atoms with Crippen molar-refractivity contribution in [3.8, 4) is 17.1 Å². The largest absolute Gasteiger partial charge is 0.494 e. The third-order valence-corrected chi connectivity index (χ3v) is 3.38. The molecule has 2 nitrogen and oxygen atoms in total. The lowest BCUT2D eigenvalue weighted by Gasteiger charge is -2.05. The van der Waals surface area contributed by atoms with E-state index in [0.29, 0.717) is 12.5 Å². The van der Waals surface area contributed by atoms with Crippen LogP contribution in [-0.2, 0) is 0 Å². The van der Waals surface area contributed by atoms with Gasteiger partial charge in [0.15, 0.2) is 0 Å². The van der Waals surface area contributed by atoms with Gasteiger partial charge in [0.25, 0.3) is 0 Å². The zero-order valence-corrected chi connectivity index (χ0v) is 11.8. The average Bonchev–Trinajstić information content (AvgIpc) is 2.92. The molecule has 0 bridgehead atoms. The summed E-state index contributed by atoms with van der Waals surface area (Å²) < 4.78 is 11.4. The van der Waals surface area contributed by atoms with E-state index in [1.54, 1.807) is 0 Å². The Morgan fingerprint density at radius 3 is 2.55 bits per heavy atom. The summed E-state index contributed by atoms with van der Waals surface area (Å²) in [6.07, 6.45) is 0.854. The Balaban J connectivity index is 1.79. The lowest BCUT2D eigenvalue weighted by molar-refractivity contribution is 0.318. The van der Waals surface area contributed by atoms with Crippen LogP contribution < -0.4 is 4.74 Å². The fourth-order valence-electron chi connectivity index (χ4n) is 2.08. The van der Waals surface area contributed by atoms with Crippen LogP contribution in [0.2, 0.25) is 0 Å². The van der Waals surface area contributed by atoms with Crippen molar-refractivity contribution in [3.63, 3.8) is 0 Å². The molecule has 0 unspecified atom stereocenters. The first-order valence-corrected chi connectivity index (χ1v) is 7.18. The molecule has 0 aliphatic rings. The van der Waals surface area contributed by atoms with Gasteiger partial charge in [0.2, 0.25) is 0 Å². The van der Waals surface area contributed by atoms with E-state index >= 15 is 0 Å². The Bertz CT molecular complexity index is 653. The predicted octanol–water partition coefficient (Wildman–Crippen LogP) is 5.11. The number of hydrogen-bond acceptors (Lipinski definition) is 2. The molecule has 0 aliphatic heterocycles. The highest BCUT2D eigenvalue weighted by atomic mass is 35.5. The lowest BCUT2D eigenvalue weighted by atomic mass is 10.1. The van der Waals surface area contributed by atoms with Crippen molar-refractivity contribution >= 4 is 22.6 Å². The van der Waals surface area contributed by atoms with Gasteiger partial charge >= 0.3 is 0 Å². The molecule has 3 aromatic rings. The fourth-order valence-corrected chi connectivity index (χ4v) is 2.19. The summed E-state index contributed by atoms with van der Waals surface area (Å²) >= 11 is 5.62. The smallest absolute Gasteiger partial charge is 0.135 e. The Labute approximate surface area is 122 Å². The Morgan fingerprint density at radius 1 is 1.00 bits per heavy atom. The minimum absolute atomic E-state index is 0.622. The number of ether oxygens (including phenoxy) is 1. The molecule has 0 fully saturated rings. The highest BCUT2D eigenvalue weighted by molar-refractivity contribution is 6.17. The third-order valence-electron chi connectivity index (χ3n) is 3.11. The number of furan rings is 1. The van der Waals surface area contributed by atoms with Crippen LogP contribution in [0.25, 0.3) is 22.3 Å². The van der Waals surface area contributed by atoms with E-state index in [-0.39, 0.29) is 0 Å². The highest BCUT2D eigenvalue weighted by Gasteiger charge is 2.05. The number of fused-ring (bicyclic) bond motifs is 1. The molecule has 0 N–H and O–H groups in total. The summed E-state index contributed by atoms with van der Waals surface area (Å²) in [6.45, 7) is 0.646. The molecule has 102 valence electrons. The van der Waals surface area contributed by atoms with Crippen LogP contribution in [0.1, 0.15) is 6.42 Å². The minimum Gasteiger partial charge on any atom is -0.494 e. The lowest BCUT2D eigenvalue weighted by Crippen LogP contribution is -1.97. The molecule has 1 aromatic heterocycles. The number of para-hydroxylation sites is 1. The van der Waals surface area contributed by atoms with Crippen LogP contribution in [0.15, 0.2) is 59.0 Å². The monoisotopic (exact) mass is 286 g/mol. The summed E-state index contributed by atoms with van der Waals surface area (Å²) in [4.78, 5) is 0. The second-order valence-electron chi connectivity index (χ2n) is 4.56. The molecule has 0 radical (unpaired) electrons. The van der Waals surface area contributed by atoms with Gasteiger partial charge in [0.05, 0.1) is 6.61 Å². The van der Waals surface area contributed by atoms with Gasteiger partial charge < -0.3 is 9.15 Å². The second-order valence-corrected chi connectivity index (χ2v) is 4.94. The molecule has 0 saturated heterocycles. The van der Waals surface area contributed by atoms with Crippen LogP contribution in [0.5, 0.6) is 5.75 Å². The number of halogens is 1. The molecule has 2 aromatic carbocycles. The normalized spacial score (nSPS) is 10.8. The van der Waals surface area contributed by atoms with Crippen molar-refractivity contribution in [2.75, 3.05) is 12.5 Å². The number of alkyl halides is 1. The molecule has 3 heteroatoms. The van der Waals surface area contributed by atoms with E-state index in [1.165, 1.54) is 0 Å². The van der Waals surface area contributed by atoms with E-state index in [1.807, 2.05) is 48.5 Å². The summed E-state index contributed by atoms with van der Waals surface area (Å²) in [5.41, 5.74) is 1.95. The Morgan fingerprint density at radius 2 is 1.80 bits per heavy atom. The SMILES string of the molecule is ClCCCOc1ccc(-c2cc3ccccc3o2)cc1. The van der Waals surface area contributed by atoms with E-state index in [2.05, 4.69) is 6.07 Å². The van der Waals surface area contributed by atoms with Gasteiger partial charge in [-0.3, -0.25) is 0 Å². The van der Waals surface area contributed by atoms with Crippen molar-refractivity contribution < 1.29 is 9.15 Å². The standard InChI is InChI=1S/C17H15ClO2/c18-10-3-11-19-15-8-6-13(7-9-15)17-12-14-4-1-2-5-16(14)20-17/h1-2,4-9,12H,3,10-11H2. The van der Waals surface area contributed by atoms with Gasteiger partial charge in [-0.25, -0.2) is 0 Å². The summed E-state index contributed by atoms with van der Waals surface area (Å²) in [5, 5.41) is 1.12. The van der Waals surface area contributed by atoms with Crippen molar-refractivity contribution in [1.82, 2.24) is 0 Å². The zero-order valence-electron chi connectivity index (χ0n) is 11.0. The predicted molar refractivity (Wildman–Crippen MR) is 82.5 cm³/mol. The third kappa shape index (κ3) is 2.81. The van der Waals surface area contributed by atoms with Crippen molar-refractivity contribution in [1.29, 1.82) is 0 Å².